The van der Waals surface area contributed by atoms with Crippen LogP contribution in [0.3, 0.4) is 0 Å². The third-order valence-corrected chi connectivity index (χ3v) is 12.1. The summed E-state index contributed by atoms with van der Waals surface area (Å²) < 4.78 is -0.743. The molecule has 1 aromatic rings. The lowest BCUT2D eigenvalue weighted by molar-refractivity contribution is -0.147. The predicted molar refractivity (Wildman–Crippen MR) is 169 cm³/mol. The second kappa shape index (κ2) is 13.9. The summed E-state index contributed by atoms with van der Waals surface area (Å²) in [7, 11) is 0. The molecule has 3 fully saturated rings. The minimum Gasteiger partial charge on any atom is -0.394 e. The number of likely N-dealkylation sites (tertiary alicyclic amines) is 1. The van der Waals surface area contributed by atoms with Gasteiger partial charge in [-0.2, -0.15) is 0 Å². The van der Waals surface area contributed by atoms with E-state index in [0.717, 1.165) is 24.8 Å². The Balaban J connectivity index is 1.74. The average Bonchev–Trinajstić information content (AvgIpc) is 3.56. The molecule has 3 amide bonds. The summed E-state index contributed by atoms with van der Waals surface area (Å²) in [6, 6.07) is 8.60. The minimum atomic E-state index is -0.743. The number of halogens is 1. The molecule has 3 heterocycles. The van der Waals surface area contributed by atoms with E-state index in [0.29, 0.717) is 39.0 Å². The number of hydrogen-bond acceptors (Lipinski definition) is 5. The fourth-order valence-corrected chi connectivity index (χ4v) is 10.6. The van der Waals surface area contributed by atoms with Crippen LogP contribution in [0.2, 0.25) is 0 Å². The Morgan fingerprint density at radius 1 is 1.15 bits per heavy atom. The number of fused-ring (bicyclic) bond motifs is 1. The highest BCUT2D eigenvalue weighted by Gasteiger charge is 2.76. The summed E-state index contributed by atoms with van der Waals surface area (Å²) in [5.41, 5.74) is 1.01. The van der Waals surface area contributed by atoms with Gasteiger partial charge in [0.25, 0.3) is 0 Å². The first-order valence-corrected chi connectivity index (χ1v) is 16.7. The van der Waals surface area contributed by atoms with E-state index in [9.17, 15) is 19.5 Å². The third kappa shape index (κ3) is 5.91. The Labute approximate surface area is 257 Å². The van der Waals surface area contributed by atoms with Gasteiger partial charge in [-0.3, -0.25) is 14.4 Å². The average molecular weight is 647 g/mol. The molecule has 0 saturated carbocycles. The molecule has 3 aliphatic heterocycles. The maximum Gasteiger partial charge on any atom is 0.247 e. The SMILES string of the molecule is C=CCN(CCCCC)C(=O)C1N([C@@H](CC)CO)C(=O)[C@@H]2[C@@H](C(=O)N(CC=C)Cc3ccccc3)[C@@H]3SC12CC3Br. The van der Waals surface area contributed by atoms with E-state index in [1.54, 1.807) is 33.7 Å². The number of benzene rings is 1. The van der Waals surface area contributed by atoms with Crippen molar-refractivity contribution in [3.63, 3.8) is 0 Å². The zero-order valence-corrected chi connectivity index (χ0v) is 26.7. The molecule has 7 nitrogen and oxygen atoms in total. The van der Waals surface area contributed by atoms with Crippen LogP contribution in [-0.4, -0.2) is 90.7 Å². The van der Waals surface area contributed by atoms with E-state index in [-0.39, 0.29) is 34.4 Å². The second-order valence-corrected chi connectivity index (χ2v) is 14.1. The molecule has 0 aromatic heterocycles. The highest BCUT2D eigenvalue weighted by atomic mass is 79.9. The van der Waals surface area contributed by atoms with Crippen molar-refractivity contribution in [2.24, 2.45) is 11.8 Å². The van der Waals surface area contributed by atoms with Gasteiger partial charge in [-0.05, 0) is 24.8 Å². The standard InChI is InChI=1S/C32H44BrN3O4S/c1-5-9-13-18-34(16-6-2)31(40)28-32-19-24(33)27(41-32)25(26(32)30(39)36(28)23(8-4)21-37)29(38)35(17-7-3)20-22-14-11-10-12-15-22/h6-7,10-12,14-15,23-28,37H,2-3,5,8-9,13,16-21H2,1,4H3/t23-,24?,25+,26-,27+,28?,32?/m0/s1. The van der Waals surface area contributed by atoms with Crippen molar-refractivity contribution >= 4 is 45.4 Å². The molecule has 1 spiro atoms. The number of aliphatic hydroxyl groups excluding tert-OH is 1. The largest absolute Gasteiger partial charge is 0.394 e. The molecule has 0 aliphatic carbocycles. The number of hydrogen-bond donors (Lipinski definition) is 1. The van der Waals surface area contributed by atoms with Gasteiger partial charge in [-0.25, -0.2) is 0 Å². The Morgan fingerprint density at radius 2 is 1.83 bits per heavy atom. The van der Waals surface area contributed by atoms with Crippen molar-refractivity contribution < 1.29 is 19.5 Å². The lowest BCUT2D eigenvalue weighted by Gasteiger charge is -2.40. The van der Waals surface area contributed by atoms with Gasteiger partial charge in [0.2, 0.25) is 17.7 Å². The van der Waals surface area contributed by atoms with Crippen LogP contribution < -0.4 is 0 Å². The van der Waals surface area contributed by atoms with Crippen molar-refractivity contribution in [2.45, 2.75) is 79.4 Å². The normalized spacial score (nSPS) is 28.8. The number of unbranched alkanes of at least 4 members (excludes halogenated alkanes) is 2. The molecule has 1 N–H and O–H groups in total. The predicted octanol–water partition coefficient (Wildman–Crippen LogP) is 4.64. The lowest BCUT2D eigenvalue weighted by atomic mass is 9.70. The topological polar surface area (TPSA) is 81.2 Å². The van der Waals surface area contributed by atoms with Crippen molar-refractivity contribution in [1.29, 1.82) is 0 Å². The quantitative estimate of drug-likeness (QED) is 0.171. The number of nitrogens with zero attached hydrogens (tertiary/aromatic N) is 3. The first kappa shape index (κ1) is 31.8. The molecule has 3 saturated heterocycles. The summed E-state index contributed by atoms with van der Waals surface area (Å²) in [6.07, 6.45) is 7.52. The van der Waals surface area contributed by atoms with Crippen LogP contribution in [0.1, 0.15) is 51.5 Å². The number of carbonyl (C=O) groups is 3. The van der Waals surface area contributed by atoms with Crippen LogP contribution in [-0.2, 0) is 20.9 Å². The smallest absolute Gasteiger partial charge is 0.247 e. The van der Waals surface area contributed by atoms with E-state index >= 15 is 0 Å². The zero-order chi connectivity index (χ0) is 29.7. The minimum absolute atomic E-state index is 0.00907. The fraction of sp³-hybridized carbons (Fsp3) is 0.594. The van der Waals surface area contributed by atoms with Crippen LogP contribution in [0.25, 0.3) is 0 Å². The summed E-state index contributed by atoms with van der Waals surface area (Å²) in [5, 5.41) is 10.2. The van der Waals surface area contributed by atoms with E-state index in [1.165, 1.54) is 0 Å². The lowest BCUT2D eigenvalue weighted by Crippen LogP contribution is -2.58. The summed E-state index contributed by atoms with van der Waals surface area (Å²) in [4.78, 5) is 48.6. The maximum atomic E-state index is 14.5. The summed E-state index contributed by atoms with van der Waals surface area (Å²) >= 11 is 5.51. The van der Waals surface area contributed by atoms with Crippen molar-refractivity contribution in [1.82, 2.24) is 14.7 Å². The number of alkyl halides is 1. The van der Waals surface area contributed by atoms with Gasteiger partial charge < -0.3 is 19.8 Å². The van der Waals surface area contributed by atoms with Crippen LogP contribution in [0, 0.1) is 11.8 Å². The van der Waals surface area contributed by atoms with Gasteiger partial charge in [0.15, 0.2) is 0 Å². The monoisotopic (exact) mass is 645 g/mol. The van der Waals surface area contributed by atoms with Crippen molar-refractivity contribution in [2.75, 3.05) is 26.2 Å². The Kier molecular flexibility index (Phi) is 10.8. The third-order valence-electron chi connectivity index (χ3n) is 8.89. The van der Waals surface area contributed by atoms with E-state index in [2.05, 4.69) is 36.0 Å². The fourth-order valence-electron chi connectivity index (χ4n) is 7.01. The molecule has 3 aliphatic rings. The molecule has 2 bridgehead atoms. The first-order valence-electron chi connectivity index (χ1n) is 14.9. The van der Waals surface area contributed by atoms with Gasteiger partial charge in [-0.1, -0.05) is 85.1 Å². The van der Waals surface area contributed by atoms with Crippen molar-refractivity contribution in [3.05, 3.63) is 61.2 Å². The van der Waals surface area contributed by atoms with Crippen LogP contribution in [0.4, 0.5) is 0 Å². The van der Waals surface area contributed by atoms with Gasteiger partial charge in [0.05, 0.1) is 29.2 Å². The Morgan fingerprint density at radius 3 is 2.44 bits per heavy atom. The number of aliphatic hydroxyl groups is 1. The molecule has 3 unspecified atom stereocenters. The van der Waals surface area contributed by atoms with Gasteiger partial charge in [0.1, 0.15) is 6.04 Å². The number of amides is 3. The maximum absolute atomic E-state index is 14.5. The van der Waals surface area contributed by atoms with E-state index in [1.807, 2.05) is 42.2 Å². The number of rotatable bonds is 15. The van der Waals surface area contributed by atoms with E-state index < -0.39 is 28.7 Å². The van der Waals surface area contributed by atoms with Crippen molar-refractivity contribution in [3.8, 4) is 0 Å². The molecule has 41 heavy (non-hydrogen) atoms. The van der Waals surface area contributed by atoms with Crippen LogP contribution >= 0.6 is 27.7 Å². The summed E-state index contributed by atoms with van der Waals surface area (Å²) in [6.45, 7) is 13.4. The van der Waals surface area contributed by atoms with Crippen LogP contribution in [0.15, 0.2) is 55.6 Å². The first-order chi connectivity index (χ1) is 19.8. The highest BCUT2D eigenvalue weighted by molar-refractivity contribution is 9.09. The second-order valence-electron chi connectivity index (χ2n) is 11.4. The molecular weight excluding hydrogens is 602 g/mol. The molecular formula is C32H44BrN3O4S. The molecule has 7 atom stereocenters. The Bertz CT molecular complexity index is 1120. The Hall–Kier alpha value is -2.10. The molecule has 1 aromatic carbocycles. The van der Waals surface area contributed by atoms with Gasteiger partial charge >= 0.3 is 0 Å². The number of thioether (sulfide) groups is 1. The van der Waals surface area contributed by atoms with Gasteiger partial charge in [0, 0.05) is 36.3 Å². The highest BCUT2D eigenvalue weighted by Crippen LogP contribution is 2.68. The molecule has 4 rings (SSSR count). The van der Waals surface area contributed by atoms with Gasteiger partial charge in [-0.15, -0.1) is 24.9 Å². The zero-order valence-electron chi connectivity index (χ0n) is 24.3. The van der Waals surface area contributed by atoms with Crippen LogP contribution in [0.5, 0.6) is 0 Å². The summed E-state index contributed by atoms with van der Waals surface area (Å²) in [5.74, 6) is -1.55. The van der Waals surface area contributed by atoms with E-state index in [4.69, 9.17) is 0 Å². The number of carbonyl (C=O) groups excluding carboxylic acids is 3. The molecule has 0 radical (unpaired) electrons. The molecule has 9 heteroatoms. The molecule has 224 valence electrons.